The van der Waals surface area contributed by atoms with E-state index in [2.05, 4.69) is 0 Å². The summed E-state index contributed by atoms with van der Waals surface area (Å²) in [5.74, 6) is 0.0422. The van der Waals surface area contributed by atoms with Crippen LogP contribution in [-0.4, -0.2) is 17.1 Å². The van der Waals surface area contributed by atoms with Gasteiger partial charge in [-0.25, -0.2) is 0 Å². The first-order chi connectivity index (χ1) is 13.0. The highest BCUT2D eigenvalue weighted by atomic mass is 32.1. The lowest BCUT2D eigenvalue weighted by molar-refractivity contribution is -0.604. The van der Waals surface area contributed by atoms with Gasteiger partial charge in [0.05, 0.1) is 11.6 Å². The molecule has 3 heterocycles. The molecule has 1 amide bonds. The molecule has 0 bridgehead atoms. The second-order valence-electron chi connectivity index (χ2n) is 6.76. The summed E-state index contributed by atoms with van der Waals surface area (Å²) in [5.41, 5.74) is 2.69. The Labute approximate surface area is 161 Å². The van der Waals surface area contributed by atoms with Gasteiger partial charge in [0.2, 0.25) is 5.91 Å². The van der Waals surface area contributed by atoms with Crippen LogP contribution < -0.4 is 9.63 Å². The van der Waals surface area contributed by atoms with Crippen molar-refractivity contribution in [1.29, 1.82) is 0 Å². The number of para-hydroxylation sites is 1. The summed E-state index contributed by atoms with van der Waals surface area (Å²) in [5, 5.41) is 22.5. The van der Waals surface area contributed by atoms with E-state index in [1.807, 2.05) is 49.4 Å². The topological polar surface area (TPSA) is 67.5 Å². The number of amides is 1. The molecule has 1 aliphatic heterocycles. The molecule has 5 nitrogen and oxygen atoms in total. The van der Waals surface area contributed by atoms with Gasteiger partial charge in [-0.3, -0.25) is 4.79 Å². The van der Waals surface area contributed by atoms with Gasteiger partial charge in [0.25, 0.3) is 0 Å². The lowest BCUT2D eigenvalue weighted by atomic mass is 10.1. The normalized spacial score (nSPS) is 18.1. The molecular weight excluding hydrogens is 360 g/mol. The fraction of sp³-hybridized carbons (Fsp3) is 0.238. The largest absolute Gasteiger partial charge is 0.619 e. The highest BCUT2D eigenvalue weighted by Gasteiger charge is 2.38. The van der Waals surface area contributed by atoms with Crippen LogP contribution in [0.2, 0.25) is 0 Å². The van der Waals surface area contributed by atoms with Crippen LogP contribution in [0.25, 0.3) is 10.4 Å². The van der Waals surface area contributed by atoms with E-state index in [0.29, 0.717) is 12.8 Å². The molecule has 1 saturated heterocycles. The van der Waals surface area contributed by atoms with Crippen LogP contribution >= 0.6 is 11.3 Å². The summed E-state index contributed by atoms with van der Waals surface area (Å²) in [4.78, 5) is 16.0. The van der Waals surface area contributed by atoms with E-state index in [0.717, 1.165) is 31.3 Å². The van der Waals surface area contributed by atoms with Gasteiger partial charge in [-0.2, -0.15) is 4.73 Å². The molecule has 2 atom stereocenters. The van der Waals surface area contributed by atoms with Crippen molar-refractivity contribution in [2.75, 3.05) is 4.90 Å². The molecule has 4 rings (SSSR count). The predicted octanol–water partition coefficient (Wildman–Crippen LogP) is 3.59. The van der Waals surface area contributed by atoms with E-state index in [9.17, 15) is 15.1 Å². The Hall–Kier alpha value is -2.70. The summed E-state index contributed by atoms with van der Waals surface area (Å²) >= 11 is 1.45. The summed E-state index contributed by atoms with van der Waals surface area (Å²) in [6.45, 7) is 1.97. The van der Waals surface area contributed by atoms with Crippen molar-refractivity contribution in [3.63, 3.8) is 0 Å². The zero-order chi connectivity index (χ0) is 19.0. The molecule has 27 heavy (non-hydrogen) atoms. The molecule has 0 radical (unpaired) electrons. The fourth-order valence-electron chi connectivity index (χ4n) is 3.61. The molecule has 0 aliphatic carbocycles. The number of aliphatic hydroxyl groups is 1. The fourth-order valence-corrected chi connectivity index (χ4v) is 4.65. The average Bonchev–Trinajstić information content (AvgIpc) is 3.29. The maximum atomic E-state index is 12.5. The van der Waals surface area contributed by atoms with Crippen LogP contribution in [0.3, 0.4) is 0 Å². The molecule has 138 valence electrons. The number of anilines is 1. The molecule has 1 aromatic carbocycles. The monoisotopic (exact) mass is 380 g/mol. The molecule has 1 unspecified atom stereocenters. The zero-order valence-corrected chi connectivity index (χ0v) is 15.7. The smallest absolute Gasteiger partial charge is 0.227 e. The number of nitrogens with zero attached hydrogens (tertiary/aromatic N) is 2. The Balaban J connectivity index is 1.63. The van der Waals surface area contributed by atoms with Crippen molar-refractivity contribution < 1.29 is 14.6 Å². The Morgan fingerprint density at radius 2 is 2.04 bits per heavy atom. The highest BCUT2D eigenvalue weighted by molar-refractivity contribution is 7.15. The van der Waals surface area contributed by atoms with Crippen molar-refractivity contribution in [2.45, 2.75) is 31.9 Å². The molecule has 6 heteroatoms. The quantitative estimate of drug-likeness (QED) is 0.556. The van der Waals surface area contributed by atoms with Crippen LogP contribution in [0.5, 0.6) is 0 Å². The first-order valence-corrected chi connectivity index (χ1v) is 9.71. The number of carbonyl (C=O) groups excluding carboxylic acids is 1. The Bertz CT molecular complexity index is 985. The minimum Gasteiger partial charge on any atom is -0.619 e. The molecule has 1 fully saturated rings. The summed E-state index contributed by atoms with van der Waals surface area (Å²) in [6, 6.07) is 14.8. The number of thiophene rings is 1. The van der Waals surface area contributed by atoms with E-state index in [4.69, 9.17) is 0 Å². The number of aryl methyl sites for hydroxylation is 1. The van der Waals surface area contributed by atoms with Crippen molar-refractivity contribution in [3.05, 3.63) is 76.6 Å². The Morgan fingerprint density at radius 1 is 1.22 bits per heavy atom. The number of carbonyl (C=O) groups is 1. The summed E-state index contributed by atoms with van der Waals surface area (Å²) < 4.78 is 0.765. The van der Waals surface area contributed by atoms with Crippen molar-refractivity contribution >= 4 is 22.9 Å². The van der Waals surface area contributed by atoms with Crippen LogP contribution in [-0.2, 0) is 4.79 Å². The van der Waals surface area contributed by atoms with E-state index in [1.165, 1.54) is 23.7 Å². The molecule has 0 saturated carbocycles. The molecule has 1 N–H and O–H groups in total. The van der Waals surface area contributed by atoms with Crippen LogP contribution in [0, 0.1) is 12.1 Å². The third-order valence-corrected chi connectivity index (χ3v) is 6.18. The first-order valence-electron chi connectivity index (χ1n) is 8.89. The van der Waals surface area contributed by atoms with Crippen molar-refractivity contribution in [2.24, 2.45) is 0 Å². The maximum absolute atomic E-state index is 12.5. The predicted molar refractivity (Wildman–Crippen MR) is 105 cm³/mol. The maximum Gasteiger partial charge on any atom is 0.227 e. The van der Waals surface area contributed by atoms with Gasteiger partial charge < -0.3 is 15.2 Å². The minimum absolute atomic E-state index is 0.0422. The van der Waals surface area contributed by atoms with Crippen LogP contribution in [0.1, 0.15) is 29.4 Å². The number of rotatable bonds is 4. The molecule has 3 aromatic rings. The summed E-state index contributed by atoms with van der Waals surface area (Å²) in [6.07, 6.45) is 3.24. The average molecular weight is 380 g/mol. The molecular formula is C21H20N2O3S. The van der Waals surface area contributed by atoms with Gasteiger partial charge in [0.1, 0.15) is 6.10 Å². The van der Waals surface area contributed by atoms with Gasteiger partial charge in [-0.15, -0.1) is 11.3 Å². The van der Waals surface area contributed by atoms with Crippen molar-refractivity contribution in [1.82, 2.24) is 0 Å². The van der Waals surface area contributed by atoms with Crippen LogP contribution in [0.4, 0.5) is 5.69 Å². The lowest BCUT2D eigenvalue weighted by Crippen LogP contribution is -2.37. The number of hydrogen-bond donors (Lipinski definition) is 1. The Morgan fingerprint density at radius 3 is 2.81 bits per heavy atom. The zero-order valence-electron chi connectivity index (χ0n) is 14.9. The standard InChI is InChI=1S/C21H20N2O3S/c1-14-5-2-3-7-16(14)23-17(8-11-20(23)24)21(25)19-10-9-18(27-19)15-6-4-12-22(26)13-15/h2-7,9-10,12-13,17,21,25H,8,11H2,1H3/t17-,21?/m1/s1. The van der Waals surface area contributed by atoms with E-state index in [1.54, 1.807) is 11.0 Å². The van der Waals surface area contributed by atoms with E-state index >= 15 is 0 Å². The number of benzene rings is 1. The van der Waals surface area contributed by atoms with Crippen molar-refractivity contribution in [3.8, 4) is 10.4 Å². The number of aromatic nitrogens is 1. The SMILES string of the molecule is Cc1ccccc1N1C(=O)CC[C@@H]1C(O)c1ccc(-c2ccc[n+]([O-])c2)s1. The van der Waals surface area contributed by atoms with Gasteiger partial charge in [0, 0.05) is 27.9 Å². The number of aliphatic hydroxyl groups excluding tert-OH is 1. The van der Waals surface area contributed by atoms with E-state index < -0.39 is 6.10 Å². The third kappa shape index (κ3) is 3.34. The molecule has 1 aliphatic rings. The van der Waals surface area contributed by atoms with Gasteiger partial charge in [0.15, 0.2) is 12.4 Å². The molecule has 0 spiro atoms. The van der Waals surface area contributed by atoms with E-state index in [-0.39, 0.29) is 11.9 Å². The van der Waals surface area contributed by atoms with Gasteiger partial charge >= 0.3 is 0 Å². The molecule has 2 aromatic heterocycles. The van der Waals surface area contributed by atoms with Gasteiger partial charge in [-0.1, -0.05) is 18.2 Å². The number of pyridine rings is 1. The minimum atomic E-state index is -0.766. The van der Waals surface area contributed by atoms with Crippen LogP contribution in [0.15, 0.2) is 60.9 Å². The number of hydrogen-bond acceptors (Lipinski definition) is 4. The highest BCUT2D eigenvalue weighted by Crippen LogP contribution is 2.39. The second-order valence-corrected chi connectivity index (χ2v) is 7.87. The Kier molecular flexibility index (Phi) is 4.68. The second kappa shape index (κ2) is 7.13. The van der Waals surface area contributed by atoms with Gasteiger partial charge in [-0.05, 0) is 43.2 Å². The first kappa shape index (κ1) is 17.7. The summed E-state index contributed by atoms with van der Waals surface area (Å²) in [7, 11) is 0. The third-order valence-electron chi connectivity index (χ3n) is 4.97. The lowest BCUT2D eigenvalue weighted by Gasteiger charge is -2.29.